The lowest BCUT2D eigenvalue weighted by Crippen LogP contribution is -2.53. The maximum Gasteiger partial charge on any atom is 0.236 e. The molecule has 2 saturated heterocycles. The lowest BCUT2D eigenvalue weighted by Gasteiger charge is -2.37. The lowest BCUT2D eigenvalue weighted by molar-refractivity contribution is -0.130. The number of nitrogens with zero attached hydrogens (tertiary/aromatic N) is 2. The maximum atomic E-state index is 11.7. The molecule has 0 aliphatic carbocycles. The summed E-state index contributed by atoms with van der Waals surface area (Å²) in [7, 11) is 0.688. The molecule has 0 aromatic heterocycles. The molecule has 2 aliphatic heterocycles. The van der Waals surface area contributed by atoms with E-state index in [4.69, 9.17) is 0 Å². The van der Waals surface area contributed by atoms with Crippen LogP contribution in [0.15, 0.2) is 0 Å². The molecule has 21 heavy (non-hydrogen) atoms. The first kappa shape index (κ1) is 16.7. The number of carbonyl (C=O) groups excluding carboxylic acids is 1. The first-order chi connectivity index (χ1) is 9.69. The summed E-state index contributed by atoms with van der Waals surface area (Å²) in [6.45, 7) is 4.27. The van der Waals surface area contributed by atoms with Gasteiger partial charge in [-0.15, -0.1) is 0 Å². The van der Waals surface area contributed by atoms with Gasteiger partial charge in [0.15, 0.2) is 9.84 Å². The summed E-state index contributed by atoms with van der Waals surface area (Å²) in [4.78, 5) is 15.5. The van der Waals surface area contributed by atoms with Gasteiger partial charge in [-0.1, -0.05) is 0 Å². The molecule has 122 valence electrons. The van der Waals surface area contributed by atoms with E-state index in [1.54, 1.807) is 19.0 Å². The Kier molecular flexibility index (Phi) is 4.95. The fourth-order valence-corrected chi connectivity index (χ4v) is 5.29. The SMILES string of the molecule is CN(C)C(=O)CN1CCC(NC2(C)CCS(=O)(=O)C2)CC1. The van der Waals surface area contributed by atoms with Crippen molar-refractivity contribution in [1.29, 1.82) is 0 Å². The first-order valence-electron chi connectivity index (χ1n) is 7.60. The minimum Gasteiger partial charge on any atom is -0.348 e. The van der Waals surface area contributed by atoms with E-state index in [1.165, 1.54) is 0 Å². The predicted octanol–water partition coefficient (Wildman–Crippen LogP) is -0.294. The molecule has 1 amide bonds. The van der Waals surface area contributed by atoms with Gasteiger partial charge in [0.25, 0.3) is 0 Å². The second-order valence-electron chi connectivity index (χ2n) is 6.89. The van der Waals surface area contributed by atoms with Crippen LogP contribution in [0.3, 0.4) is 0 Å². The van der Waals surface area contributed by atoms with Gasteiger partial charge >= 0.3 is 0 Å². The Morgan fingerprint density at radius 3 is 2.43 bits per heavy atom. The zero-order chi connectivity index (χ0) is 15.7. The van der Waals surface area contributed by atoms with Gasteiger partial charge in [0, 0.05) is 38.8 Å². The number of nitrogens with one attached hydrogen (secondary N) is 1. The molecule has 0 saturated carbocycles. The van der Waals surface area contributed by atoms with Gasteiger partial charge in [-0.25, -0.2) is 8.42 Å². The summed E-state index contributed by atoms with van der Waals surface area (Å²) in [5.41, 5.74) is -0.273. The molecule has 1 N–H and O–H groups in total. The van der Waals surface area contributed by atoms with Crippen LogP contribution in [-0.4, -0.2) is 80.9 Å². The van der Waals surface area contributed by atoms with E-state index in [2.05, 4.69) is 10.2 Å². The standard InChI is InChI=1S/C14H27N3O3S/c1-14(6-9-21(19,20)11-14)15-12-4-7-17(8-5-12)10-13(18)16(2)3/h12,15H,4-11H2,1-3H3. The fourth-order valence-electron chi connectivity index (χ4n) is 3.19. The minimum atomic E-state index is -2.86. The van der Waals surface area contributed by atoms with Gasteiger partial charge in [-0.2, -0.15) is 0 Å². The van der Waals surface area contributed by atoms with Crippen molar-refractivity contribution in [3.8, 4) is 0 Å². The third kappa shape index (κ3) is 4.66. The van der Waals surface area contributed by atoms with Crippen LogP contribution in [0.2, 0.25) is 0 Å². The summed E-state index contributed by atoms with van der Waals surface area (Å²) >= 11 is 0. The van der Waals surface area contributed by atoms with E-state index >= 15 is 0 Å². The molecular formula is C14H27N3O3S. The Morgan fingerprint density at radius 2 is 1.95 bits per heavy atom. The number of likely N-dealkylation sites (N-methyl/N-ethyl adjacent to an activating group) is 1. The van der Waals surface area contributed by atoms with E-state index in [9.17, 15) is 13.2 Å². The van der Waals surface area contributed by atoms with Crippen LogP contribution < -0.4 is 5.32 Å². The third-order valence-corrected chi connectivity index (χ3v) is 6.40. The molecule has 0 radical (unpaired) electrons. The molecule has 1 unspecified atom stereocenters. The Hall–Kier alpha value is -0.660. The number of hydrogen-bond donors (Lipinski definition) is 1. The van der Waals surface area contributed by atoms with Crippen molar-refractivity contribution in [3.05, 3.63) is 0 Å². The Labute approximate surface area is 127 Å². The molecule has 1 atom stereocenters. The quantitative estimate of drug-likeness (QED) is 0.771. The van der Waals surface area contributed by atoms with Crippen LogP contribution in [0.1, 0.15) is 26.2 Å². The van der Waals surface area contributed by atoms with Crippen molar-refractivity contribution in [2.45, 2.75) is 37.8 Å². The van der Waals surface area contributed by atoms with Crippen LogP contribution in [0.4, 0.5) is 0 Å². The average Bonchev–Trinajstić information content (AvgIpc) is 2.65. The van der Waals surface area contributed by atoms with Crippen molar-refractivity contribution < 1.29 is 13.2 Å². The van der Waals surface area contributed by atoms with E-state index < -0.39 is 9.84 Å². The predicted molar refractivity (Wildman–Crippen MR) is 83.0 cm³/mol. The number of carbonyl (C=O) groups is 1. The molecule has 2 heterocycles. The second-order valence-corrected chi connectivity index (χ2v) is 9.07. The van der Waals surface area contributed by atoms with Crippen LogP contribution in [-0.2, 0) is 14.6 Å². The van der Waals surface area contributed by atoms with Gasteiger partial charge in [-0.3, -0.25) is 9.69 Å². The van der Waals surface area contributed by atoms with Crippen LogP contribution in [0, 0.1) is 0 Å². The van der Waals surface area contributed by atoms with E-state index in [-0.39, 0.29) is 17.2 Å². The second kappa shape index (κ2) is 6.22. The number of sulfone groups is 1. The molecule has 0 spiro atoms. The fraction of sp³-hybridized carbons (Fsp3) is 0.929. The zero-order valence-corrected chi connectivity index (χ0v) is 14.1. The van der Waals surface area contributed by atoms with E-state index in [0.717, 1.165) is 25.9 Å². The Balaban J connectivity index is 1.78. The number of amides is 1. The summed E-state index contributed by atoms with van der Waals surface area (Å²) in [5.74, 6) is 0.682. The monoisotopic (exact) mass is 317 g/mol. The van der Waals surface area contributed by atoms with Gasteiger partial charge < -0.3 is 10.2 Å². The topological polar surface area (TPSA) is 69.7 Å². The van der Waals surface area contributed by atoms with Crippen molar-refractivity contribution in [1.82, 2.24) is 15.1 Å². The average molecular weight is 317 g/mol. The number of likely N-dealkylation sites (tertiary alicyclic amines) is 1. The highest BCUT2D eigenvalue weighted by Gasteiger charge is 2.39. The molecular weight excluding hydrogens is 290 g/mol. The van der Waals surface area contributed by atoms with Gasteiger partial charge in [0.2, 0.25) is 5.91 Å². The molecule has 0 bridgehead atoms. The first-order valence-corrected chi connectivity index (χ1v) is 9.42. The molecule has 2 aliphatic rings. The Bertz CT molecular complexity index is 484. The maximum absolute atomic E-state index is 11.7. The van der Waals surface area contributed by atoms with Gasteiger partial charge in [0.1, 0.15) is 0 Å². The van der Waals surface area contributed by atoms with Crippen molar-refractivity contribution in [3.63, 3.8) is 0 Å². The normalized spacial score (nSPS) is 30.4. The highest BCUT2D eigenvalue weighted by atomic mass is 32.2. The summed E-state index contributed by atoms with van der Waals surface area (Å²) in [6.07, 6.45) is 2.64. The number of piperidine rings is 1. The third-order valence-electron chi connectivity index (χ3n) is 4.50. The van der Waals surface area contributed by atoms with E-state index in [1.807, 2.05) is 6.92 Å². The van der Waals surface area contributed by atoms with Gasteiger partial charge in [-0.05, 0) is 26.2 Å². The number of rotatable bonds is 4. The number of hydrogen-bond acceptors (Lipinski definition) is 5. The zero-order valence-electron chi connectivity index (χ0n) is 13.3. The van der Waals surface area contributed by atoms with Crippen LogP contribution in [0.5, 0.6) is 0 Å². The van der Waals surface area contributed by atoms with Crippen molar-refractivity contribution in [2.75, 3.05) is 45.2 Å². The highest BCUT2D eigenvalue weighted by molar-refractivity contribution is 7.91. The smallest absolute Gasteiger partial charge is 0.236 e. The van der Waals surface area contributed by atoms with Crippen LogP contribution in [0.25, 0.3) is 0 Å². The highest BCUT2D eigenvalue weighted by Crippen LogP contribution is 2.25. The molecule has 7 heteroatoms. The minimum absolute atomic E-state index is 0.134. The summed E-state index contributed by atoms with van der Waals surface area (Å²) < 4.78 is 23.3. The molecule has 6 nitrogen and oxygen atoms in total. The molecule has 0 aromatic rings. The lowest BCUT2D eigenvalue weighted by atomic mass is 9.96. The largest absolute Gasteiger partial charge is 0.348 e. The summed E-state index contributed by atoms with van der Waals surface area (Å²) in [5, 5.41) is 3.55. The molecule has 0 aromatic carbocycles. The van der Waals surface area contributed by atoms with E-state index in [0.29, 0.717) is 24.8 Å². The van der Waals surface area contributed by atoms with Crippen LogP contribution >= 0.6 is 0 Å². The molecule has 2 rings (SSSR count). The van der Waals surface area contributed by atoms with Crippen molar-refractivity contribution >= 4 is 15.7 Å². The summed E-state index contributed by atoms with van der Waals surface area (Å²) in [6, 6.07) is 0.356. The molecule has 2 fully saturated rings. The Morgan fingerprint density at radius 1 is 1.33 bits per heavy atom. The van der Waals surface area contributed by atoms with Gasteiger partial charge in [0.05, 0.1) is 18.1 Å². The van der Waals surface area contributed by atoms with Crippen molar-refractivity contribution in [2.24, 2.45) is 0 Å².